The molecule has 1 aromatic rings. The van der Waals surface area contributed by atoms with E-state index in [1.165, 1.54) is 6.42 Å². The fourth-order valence-electron chi connectivity index (χ4n) is 2.52. The monoisotopic (exact) mass is 257 g/mol. The van der Waals surface area contributed by atoms with Gasteiger partial charge in [0, 0.05) is 17.6 Å². The molecule has 4 heteroatoms. The molecular weight excluding hydrogens is 238 g/mol. The van der Waals surface area contributed by atoms with Gasteiger partial charge in [-0.2, -0.15) is 5.26 Å². The van der Waals surface area contributed by atoms with Crippen molar-refractivity contribution < 1.29 is 4.79 Å². The van der Waals surface area contributed by atoms with Gasteiger partial charge in [0.15, 0.2) is 0 Å². The van der Waals surface area contributed by atoms with Crippen LogP contribution in [0.15, 0.2) is 24.3 Å². The zero-order valence-corrected chi connectivity index (χ0v) is 11.4. The lowest BCUT2D eigenvalue weighted by atomic mass is 10.00. The van der Waals surface area contributed by atoms with E-state index in [1.807, 2.05) is 11.1 Å². The maximum atomic E-state index is 12.2. The Morgan fingerprint density at radius 3 is 2.37 bits per heavy atom. The van der Waals surface area contributed by atoms with Crippen molar-refractivity contribution >= 4 is 5.91 Å². The number of hydrazine groups is 1. The molecule has 19 heavy (non-hydrogen) atoms. The van der Waals surface area contributed by atoms with Gasteiger partial charge in [-0.1, -0.05) is 6.42 Å². The Kier molecular flexibility index (Phi) is 4.18. The van der Waals surface area contributed by atoms with Crippen LogP contribution >= 0.6 is 0 Å². The topological polar surface area (TPSA) is 56.1 Å². The first-order chi connectivity index (χ1) is 9.11. The predicted octanol–water partition coefficient (Wildman–Crippen LogP) is 2.47. The molecule has 0 spiro atoms. The highest BCUT2D eigenvalue weighted by Crippen LogP contribution is 2.20. The summed E-state index contributed by atoms with van der Waals surface area (Å²) >= 11 is 0. The molecule has 2 rings (SSSR count). The molecular formula is C15H19N3O. The molecule has 2 atom stereocenters. The molecule has 0 unspecified atom stereocenters. The summed E-state index contributed by atoms with van der Waals surface area (Å²) in [6.45, 7) is 4.27. The summed E-state index contributed by atoms with van der Waals surface area (Å²) in [5.41, 5.74) is 4.14. The van der Waals surface area contributed by atoms with Crippen molar-refractivity contribution in [3.8, 4) is 6.07 Å². The van der Waals surface area contributed by atoms with Gasteiger partial charge in [0.25, 0.3) is 5.91 Å². The Bertz CT molecular complexity index is 479. The minimum atomic E-state index is -0.106. The van der Waals surface area contributed by atoms with Crippen LogP contribution in [0.3, 0.4) is 0 Å². The van der Waals surface area contributed by atoms with E-state index in [0.717, 1.165) is 12.8 Å². The predicted molar refractivity (Wildman–Crippen MR) is 73.2 cm³/mol. The van der Waals surface area contributed by atoms with Gasteiger partial charge in [-0.05, 0) is 51.0 Å². The minimum Gasteiger partial charge on any atom is -0.284 e. The first-order valence-corrected chi connectivity index (χ1v) is 6.71. The van der Waals surface area contributed by atoms with Crippen molar-refractivity contribution in [1.82, 2.24) is 10.4 Å². The lowest BCUT2D eigenvalue weighted by Crippen LogP contribution is -2.54. The van der Waals surface area contributed by atoms with Gasteiger partial charge in [0.1, 0.15) is 0 Å². The third kappa shape index (κ3) is 3.12. The Morgan fingerprint density at radius 2 is 1.84 bits per heavy atom. The molecule has 0 aromatic heterocycles. The van der Waals surface area contributed by atoms with E-state index >= 15 is 0 Å². The second-order valence-corrected chi connectivity index (χ2v) is 5.17. The van der Waals surface area contributed by atoms with Crippen LogP contribution < -0.4 is 5.43 Å². The second kappa shape index (κ2) is 5.85. The molecule has 0 aliphatic carbocycles. The molecule has 1 saturated heterocycles. The number of nitrogens with one attached hydrogen (secondary N) is 1. The highest BCUT2D eigenvalue weighted by Gasteiger charge is 2.26. The summed E-state index contributed by atoms with van der Waals surface area (Å²) in [6, 6.07) is 9.48. The van der Waals surface area contributed by atoms with Crippen LogP contribution in [0.4, 0.5) is 0 Å². The minimum absolute atomic E-state index is 0.106. The third-order valence-corrected chi connectivity index (χ3v) is 3.70. The van der Waals surface area contributed by atoms with Gasteiger partial charge in [-0.3, -0.25) is 10.2 Å². The van der Waals surface area contributed by atoms with Gasteiger partial charge >= 0.3 is 0 Å². The number of rotatable bonds is 2. The summed E-state index contributed by atoms with van der Waals surface area (Å²) in [6.07, 6.45) is 3.43. The molecule has 0 bridgehead atoms. The van der Waals surface area contributed by atoms with Crippen molar-refractivity contribution in [2.75, 3.05) is 0 Å². The van der Waals surface area contributed by atoms with Crippen molar-refractivity contribution in [2.45, 2.75) is 45.2 Å². The highest BCUT2D eigenvalue weighted by atomic mass is 16.2. The number of amides is 1. The lowest BCUT2D eigenvalue weighted by molar-refractivity contribution is 0.0370. The van der Waals surface area contributed by atoms with E-state index in [9.17, 15) is 4.79 Å². The molecule has 1 N–H and O–H groups in total. The van der Waals surface area contributed by atoms with E-state index in [1.54, 1.807) is 24.3 Å². The van der Waals surface area contributed by atoms with E-state index in [4.69, 9.17) is 5.26 Å². The molecule has 4 nitrogen and oxygen atoms in total. The van der Waals surface area contributed by atoms with Gasteiger partial charge < -0.3 is 0 Å². The molecule has 0 radical (unpaired) electrons. The Balaban J connectivity index is 2.05. The van der Waals surface area contributed by atoms with E-state index in [0.29, 0.717) is 23.2 Å². The quantitative estimate of drug-likeness (QED) is 0.885. The van der Waals surface area contributed by atoms with Crippen LogP contribution in [0.2, 0.25) is 0 Å². The Labute approximate surface area is 114 Å². The van der Waals surface area contributed by atoms with Crippen LogP contribution in [0.5, 0.6) is 0 Å². The zero-order chi connectivity index (χ0) is 13.8. The average molecular weight is 257 g/mol. The van der Waals surface area contributed by atoms with E-state index in [-0.39, 0.29) is 5.91 Å². The molecule has 1 aromatic carbocycles. The number of nitriles is 1. The van der Waals surface area contributed by atoms with Crippen LogP contribution in [-0.4, -0.2) is 23.0 Å². The smallest absolute Gasteiger partial charge is 0.265 e. The largest absolute Gasteiger partial charge is 0.284 e. The fourth-order valence-corrected chi connectivity index (χ4v) is 2.52. The number of nitrogens with zero attached hydrogens (tertiary/aromatic N) is 2. The number of benzene rings is 1. The van der Waals surface area contributed by atoms with Crippen molar-refractivity contribution in [3.63, 3.8) is 0 Å². The van der Waals surface area contributed by atoms with E-state index < -0.39 is 0 Å². The molecule has 1 aliphatic rings. The summed E-state index contributed by atoms with van der Waals surface area (Å²) in [7, 11) is 0. The fraction of sp³-hybridized carbons (Fsp3) is 0.467. The summed E-state index contributed by atoms with van der Waals surface area (Å²) in [5.74, 6) is -0.106. The van der Waals surface area contributed by atoms with Crippen molar-refractivity contribution in [3.05, 3.63) is 35.4 Å². The van der Waals surface area contributed by atoms with Gasteiger partial charge in [0.2, 0.25) is 0 Å². The lowest BCUT2D eigenvalue weighted by Gasteiger charge is -2.38. The average Bonchev–Trinajstić information content (AvgIpc) is 2.43. The van der Waals surface area contributed by atoms with Crippen LogP contribution in [0, 0.1) is 11.3 Å². The van der Waals surface area contributed by atoms with Gasteiger partial charge in [-0.25, -0.2) is 5.01 Å². The van der Waals surface area contributed by atoms with E-state index in [2.05, 4.69) is 19.3 Å². The van der Waals surface area contributed by atoms with Crippen molar-refractivity contribution in [1.29, 1.82) is 5.26 Å². The first-order valence-electron chi connectivity index (χ1n) is 6.71. The molecule has 1 fully saturated rings. The van der Waals surface area contributed by atoms with Gasteiger partial charge in [0.05, 0.1) is 11.6 Å². The number of hydrogen-bond donors (Lipinski definition) is 1. The number of carbonyl (C=O) groups excluding carboxylic acids is 1. The standard InChI is InChI=1S/C15H19N3O/c1-11-4-3-5-12(2)18(11)17-15(19)14-8-6-13(10-16)7-9-14/h6-9,11-12H,3-5H2,1-2H3,(H,17,19)/t11-,12-/m0/s1. The normalized spacial score (nSPS) is 23.6. The Morgan fingerprint density at radius 1 is 1.26 bits per heavy atom. The summed E-state index contributed by atoms with van der Waals surface area (Å²) in [4.78, 5) is 12.2. The molecule has 0 saturated carbocycles. The molecule has 1 amide bonds. The molecule has 1 aliphatic heterocycles. The number of carbonyl (C=O) groups is 1. The Hall–Kier alpha value is -1.86. The van der Waals surface area contributed by atoms with Gasteiger partial charge in [-0.15, -0.1) is 0 Å². The van der Waals surface area contributed by atoms with Crippen LogP contribution in [-0.2, 0) is 0 Å². The number of piperidine rings is 1. The van der Waals surface area contributed by atoms with Crippen LogP contribution in [0.25, 0.3) is 0 Å². The molecule has 1 heterocycles. The maximum Gasteiger partial charge on any atom is 0.265 e. The van der Waals surface area contributed by atoms with Crippen LogP contribution in [0.1, 0.15) is 49.0 Å². The highest BCUT2D eigenvalue weighted by molar-refractivity contribution is 5.93. The third-order valence-electron chi connectivity index (χ3n) is 3.70. The maximum absolute atomic E-state index is 12.2. The number of hydrogen-bond acceptors (Lipinski definition) is 3. The summed E-state index contributed by atoms with van der Waals surface area (Å²) < 4.78 is 0. The summed E-state index contributed by atoms with van der Waals surface area (Å²) in [5, 5.41) is 10.8. The SMILES string of the molecule is C[C@H]1CCC[C@H](C)N1NC(=O)c1ccc(C#N)cc1. The second-order valence-electron chi connectivity index (χ2n) is 5.17. The first kappa shape index (κ1) is 13.6. The zero-order valence-electron chi connectivity index (χ0n) is 11.4. The van der Waals surface area contributed by atoms with Crippen molar-refractivity contribution in [2.24, 2.45) is 0 Å². The molecule has 100 valence electrons.